The summed E-state index contributed by atoms with van der Waals surface area (Å²) >= 11 is 0. The summed E-state index contributed by atoms with van der Waals surface area (Å²) in [7, 11) is 0. The molecule has 1 atom stereocenters. The topological polar surface area (TPSA) is 70.2 Å². The molecule has 0 spiro atoms. The molecule has 1 aliphatic rings. The fraction of sp³-hybridized carbons (Fsp3) is 0.353. The van der Waals surface area contributed by atoms with Gasteiger partial charge in [-0.15, -0.1) is 0 Å². The molecule has 1 fully saturated rings. The van der Waals surface area contributed by atoms with E-state index >= 15 is 0 Å². The zero-order valence-electron chi connectivity index (χ0n) is 13.2. The SMILES string of the molecule is CCNc1ncc(C(=O)N2CCNC(c3ccccc3)C2)cn1. The van der Waals surface area contributed by atoms with Gasteiger partial charge in [0.05, 0.1) is 5.56 Å². The number of carbonyl (C=O) groups excluding carboxylic acids is 1. The van der Waals surface area contributed by atoms with E-state index in [-0.39, 0.29) is 11.9 Å². The zero-order valence-corrected chi connectivity index (χ0v) is 13.2. The highest BCUT2D eigenvalue weighted by molar-refractivity contribution is 5.93. The number of aromatic nitrogens is 2. The fourth-order valence-electron chi connectivity index (χ4n) is 2.71. The summed E-state index contributed by atoms with van der Waals surface area (Å²) in [6.45, 7) is 4.85. The van der Waals surface area contributed by atoms with Crippen LogP contribution in [-0.4, -0.2) is 47.0 Å². The quantitative estimate of drug-likeness (QED) is 0.899. The van der Waals surface area contributed by atoms with Crippen LogP contribution < -0.4 is 10.6 Å². The second-order valence-electron chi connectivity index (χ2n) is 5.49. The molecule has 6 heteroatoms. The van der Waals surface area contributed by atoms with Crippen molar-refractivity contribution < 1.29 is 4.79 Å². The Morgan fingerprint density at radius 2 is 2.04 bits per heavy atom. The maximum Gasteiger partial charge on any atom is 0.257 e. The van der Waals surface area contributed by atoms with Crippen LogP contribution in [0.1, 0.15) is 28.9 Å². The highest BCUT2D eigenvalue weighted by Crippen LogP contribution is 2.18. The van der Waals surface area contributed by atoms with Gasteiger partial charge in [0.15, 0.2) is 0 Å². The van der Waals surface area contributed by atoms with Crippen LogP contribution >= 0.6 is 0 Å². The van der Waals surface area contributed by atoms with E-state index in [0.717, 1.165) is 13.1 Å². The number of hydrogen-bond donors (Lipinski definition) is 2. The summed E-state index contributed by atoms with van der Waals surface area (Å²) in [5, 5.41) is 6.49. The lowest BCUT2D eigenvalue weighted by Crippen LogP contribution is -2.48. The normalized spacial score (nSPS) is 17.8. The van der Waals surface area contributed by atoms with E-state index < -0.39 is 0 Å². The van der Waals surface area contributed by atoms with Crippen molar-refractivity contribution >= 4 is 11.9 Å². The Bertz CT molecular complexity index is 644. The fourth-order valence-corrected chi connectivity index (χ4v) is 2.71. The molecule has 1 amide bonds. The lowest BCUT2D eigenvalue weighted by atomic mass is 10.0. The monoisotopic (exact) mass is 311 g/mol. The van der Waals surface area contributed by atoms with Crippen molar-refractivity contribution in [2.75, 3.05) is 31.5 Å². The minimum atomic E-state index is -0.0181. The van der Waals surface area contributed by atoms with Gasteiger partial charge in [0.2, 0.25) is 5.95 Å². The first-order valence-electron chi connectivity index (χ1n) is 7.91. The van der Waals surface area contributed by atoms with Crippen molar-refractivity contribution in [1.29, 1.82) is 0 Å². The molecule has 0 aliphatic carbocycles. The Morgan fingerprint density at radius 1 is 1.30 bits per heavy atom. The summed E-state index contributed by atoms with van der Waals surface area (Å²) in [4.78, 5) is 22.9. The number of rotatable bonds is 4. The zero-order chi connectivity index (χ0) is 16.1. The molecule has 1 aromatic carbocycles. The first kappa shape index (κ1) is 15.4. The second kappa shape index (κ2) is 7.19. The highest BCUT2D eigenvalue weighted by Gasteiger charge is 2.25. The number of piperazine rings is 1. The molecule has 6 nitrogen and oxygen atoms in total. The van der Waals surface area contributed by atoms with Crippen LogP contribution in [0, 0.1) is 0 Å². The molecular formula is C17H21N5O. The molecule has 1 unspecified atom stereocenters. The van der Waals surface area contributed by atoms with Crippen molar-refractivity contribution in [3.05, 3.63) is 53.9 Å². The van der Waals surface area contributed by atoms with E-state index in [4.69, 9.17) is 0 Å². The number of benzene rings is 1. The molecule has 1 saturated heterocycles. The standard InChI is InChI=1S/C17H21N5O/c1-2-18-17-20-10-14(11-21-17)16(23)22-9-8-19-15(12-22)13-6-4-3-5-7-13/h3-7,10-11,15,19H,2,8-9,12H2,1H3,(H,18,20,21). The Kier molecular flexibility index (Phi) is 4.83. The average Bonchev–Trinajstić information content (AvgIpc) is 2.63. The van der Waals surface area contributed by atoms with Crippen molar-refractivity contribution in [2.45, 2.75) is 13.0 Å². The third-order valence-corrected chi connectivity index (χ3v) is 3.90. The van der Waals surface area contributed by atoms with Crippen LogP contribution in [0.2, 0.25) is 0 Å². The van der Waals surface area contributed by atoms with E-state index in [1.54, 1.807) is 12.4 Å². The maximum absolute atomic E-state index is 12.6. The summed E-state index contributed by atoms with van der Waals surface area (Å²) < 4.78 is 0. The first-order valence-corrected chi connectivity index (χ1v) is 7.91. The highest BCUT2D eigenvalue weighted by atomic mass is 16.2. The van der Waals surface area contributed by atoms with Gasteiger partial charge in [0.1, 0.15) is 0 Å². The smallest absolute Gasteiger partial charge is 0.257 e. The molecule has 2 aromatic rings. The van der Waals surface area contributed by atoms with Crippen LogP contribution in [0.25, 0.3) is 0 Å². The van der Waals surface area contributed by atoms with Gasteiger partial charge in [-0.2, -0.15) is 0 Å². The van der Waals surface area contributed by atoms with Crippen LogP contribution in [0.15, 0.2) is 42.7 Å². The van der Waals surface area contributed by atoms with Crippen LogP contribution in [0.3, 0.4) is 0 Å². The number of nitrogens with zero attached hydrogens (tertiary/aromatic N) is 3. The van der Waals surface area contributed by atoms with E-state index in [1.807, 2.05) is 30.0 Å². The first-order chi connectivity index (χ1) is 11.3. The van der Waals surface area contributed by atoms with Crippen molar-refractivity contribution in [3.63, 3.8) is 0 Å². The van der Waals surface area contributed by atoms with Gasteiger partial charge in [0, 0.05) is 44.6 Å². The summed E-state index contributed by atoms with van der Waals surface area (Å²) in [5.41, 5.74) is 1.73. The lowest BCUT2D eigenvalue weighted by molar-refractivity contribution is 0.0702. The summed E-state index contributed by atoms with van der Waals surface area (Å²) in [6.07, 6.45) is 3.18. The second-order valence-corrected chi connectivity index (χ2v) is 5.49. The van der Waals surface area contributed by atoms with Gasteiger partial charge < -0.3 is 15.5 Å². The van der Waals surface area contributed by atoms with E-state index in [9.17, 15) is 4.79 Å². The van der Waals surface area contributed by atoms with Gasteiger partial charge in [-0.05, 0) is 12.5 Å². The molecule has 0 bridgehead atoms. The third kappa shape index (κ3) is 3.65. The summed E-state index contributed by atoms with van der Waals surface area (Å²) in [6, 6.07) is 10.4. The number of hydrogen-bond acceptors (Lipinski definition) is 5. The van der Waals surface area contributed by atoms with Gasteiger partial charge in [0.25, 0.3) is 5.91 Å². The molecule has 120 valence electrons. The lowest BCUT2D eigenvalue weighted by Gasteiger charge is -2.34. The molecule has 3 rings (SSSR count). The number of anilines is 1. The number of carbonyl (C=O) groups is 1. The van der Waals surface area contributed by atoms with E-state index in [1.165, 1.54) is 5.56 Å². The maximum atomic E-state index is 12.6. The Hall–Kier alpha value is -2.47. The van der Waals surface area contributed by atoms with Crippen molar-refractivity contribution in [3.8, 4) is 0 Å². The van der Waals surface area contributed by atoms with Crippen LogP contribution in [0.4, 0.5) is 5.95 Å². The minimum Gasteiger partial charge on any atom is -0.355 e. The number of amides is 1. The third-order valence-electron chi connectivity index (χ3n) is 3.90. The van der Waals surface area contributed by atoms with Gasteiger partial charge >= 0.3 is 0 Å². The molecule has 0 radical (unpaired) electrons. The molecular weight excluding hydrogens is 290 g/mol. The van der Waals surface area contributed by atoms with Crippen molar-refractivity contribution in [2.24, 2.45) is 0 Å². The molecule has 23 heavy (non-hydrogen) atoms. The molecule has 1 aromatic heterocycles. The summed E-state index contributed by atoms with van der Waals surface area (Å²) in [5.74, 6) is 0.530. The Balaban J connectivity index is 1.69. The largest absolute Gasteiger partial charge is 0.355 e. The minimum absolute atomic E-state index is 0.0181. The van der Waals surface area contributed by atoms with E-state index in [0.29, 0.717) is 24.6 Å². The van der Waals surface area contributed by atoms with Crippen molar-refractivity contribution in [1.82, 2.24) is 20.2 Å². The predicted molar refractivity (Wildman–Crippen MR) is 89.3 cm³/mol. The van der Waals surface area contributed by atoms with Gasteiger partial charge in [-0.25, -0.2) is 9.97 Å². The van der Waals surface area contributed by atoms with Crippen LogP contribution in [0.5, 0.6) is 0 Å². The molecule has 2 N–H and O–H groups in total. The Labute approximate surface area is 135 Å². The Morgan fingerprint density at radius 3 is 2.74 bits per heavy atom. The van der Waals surface area contributed by atoms with Gasteiger partial charge in [-0.3, -0.25) is 4.79 Å². The average molecular weight is 311 g/mol. The molecule has 0 saturated carbocycles. The van der Waals surface area contributed by atoms with Gasteiger partial charge in [-0.1, -0.05) is 30.3 Å². The van der Waals surface area contributed by atoms with E-state index in [2.05, 4.69) is 32.7 Å². The predicted octanol–water partition coefficient (Wildman–Crippen LogP) is 1.70. The van der Waals surface area contributed by atoms with Crippen LogP contribution in [-0.2, 0) is 0 Å². The molecule has 1 aliphatic heterocycles. The number of nitrogens with one attached hydrogen (secondary N) is 2. The molecule has 2 heterocycles.